The average molecular weight is 683 g/mol. The first-order valence-electron chi connectivity index (χ1n) is 12.1. The number of hydrogen-bond acceptors (Lipinski definition) is 6. The molecule has 0 spiro atoms. The first-order chi connectivity index (χ1) is 17.4. The molecule has 6 nitrogen and oxygen atoms in total. The van der Waals surface area contributed by atoms with Crippen LogP contribution in [0.1, 0.15) is 64.8 Å². The smallest absolute Gasteiger partial charge is 0.307 e. The van der Waals surface area contributed by atoms with E-state index in [1.165, 1.54) is 18.2 Å². The van der Waals surface area contributed by atoms with Gasteiger partial charge in [0.15, 0.2) is 5.85 Å². The summed E-state index contributed by atoms with van der Waals surface area (Å²) in [5.41, 5.74) is -0.462. The predicted octanol–water partition coefficient (Wildman–Crippen LogP) is 10.5. The minimum atomic E-state index is -4.25. The Morgan fingerprint density at radius 1 is 0.730 bits per heavy atom. The van der Waals surface area contributed by atoms with Crippen LogP contribution in [0.25, 0.3) is 0 Å². The molecule has 0 heterocycles. The van der Waals surface area contributed by atoms with Crippen LogP contribution in [0.4, 0.5) is 0 Å². The monoisotopic (exact) mass is 680 g/mol. The van der Waals surface area contributed by atoms with Gasteiger partial charge in [-0.25, -0.2) is 0 Å². The minimum absolute atomic E-state index is 0.0356. The number of halogens is 6. The molecule has 0 aliphatic carbocycles. The molecule has 0 fully saturated rings. The van der Waals surface area contributed by atoms with E-state index in [-0.39, 0.29) is 41.3 Å². The second-order valence-electron chi connectivity index (χ2n) is 8.33. The fourth-order valence-electron chi connectivity index (χ4n) is 2.83. The van der Waals surface area contributed by atoms with E-state index in [1.54, 1.807) is 6.92 Å². The Bertz CT molecular complexity index is 888. The van der Waals surface area contributed by atoms with Gasteiger partial charge in [-0.15, -0.1) is 46.4 Å². The SMILES string of the molecule is CC[C@@H](Cl)COP(=O)(OC[C@H](Cl)CC)[C@@H](O[P@@](=O)(OC[C@@H](Cl)CC)[C@@H](CC)CCl)c1ccc(Cl)c(Cl)c1. The maximum absolute atomic E-state index is 14.4. The van der Waals surface area contributed by atoms with Crippen LogP contribution in [-0.2, 0) is 27.2 Å². The van der Waals surface area contributed by atoms with Crippen LogP contribution in [0.2, 0.25) is 10.0 Å². The van der Waals surface area contributed by atoms with Crippen molar-refractivity contribution in [1.29, 1.82) is 0 Å². The second kappa shape index (κ2) is 17.9. The van der Waals surface area contributed by atoms with Gasteiger partial charge in [-0.1, -0.05) is 57.0 Å². The number of alkyl halides is 4. The van der Waals surface area contributed by atoms with Crippen molar-refractivity contribution in [3.8, 4) is 0 Å². The van der Waals surface area contributed by atoms with Gasteiger partial charge in [0.05, 0.1) is 51.7 Å². The third-order valence-electron chi connectivity index (χ3n) is 5.49. The lowest BCUT2D eigenvalue weighted by Gasteiger charge is -2.33. The van der Waals surface area contributed by atoms with Crippen LogP contribution in [0.15, 0.2) is 18.2 Å². The van der Waals surface area contributed by atoms with Crippen molar-refractivity contribution in [1.82, 2.24) is 0 Å². The molecule has 6 atom stereocenters. The number of hydrogen-bond donors (Lipinski definition) is 0. The molecular weight excluding hydrogens is 647 g/mol. The van der Waals surface area contributed by atoms with Gasteiger partial charge in [-0.3, -0.25) is 13.7 Å². The fraction of sp³-hybridized carbons (Fsp3) is 0.739. The highest BCUT2D eigenvalue weighted by molar-refractivity contribution is 7.57. The standard InChI is InChI=1S/C23H36Cl6O6P2/c1-5-17(25)13-32-36(30,20(8-4)12-24)35-23(16-9-10-21(28)22(29)11-16)37(31,33-14-18(26)6-2)34-15-19(27)7-3/h9-11,17-20,23H,5-8,12-15H2,1-4H3/t17-,18+,19+,20-,23+,36-/m0/s1. The van der Waals surface area contributed by atoms with Gasteiger partial charge in [0.1, 0.15) is 0 Å². The molecule has 0 saturated carbocycles. The van der Waals surface area contributed by atoms with Crippen molar-refractivity contribution in [2.24, 2.45) is 0 Å². The fourth-order valence-corrected chi connectivity index (χ4v) is 8.66. The van der Waals surface area contributed by atoms with Crippen LogP contribution in [-0.4, -0.2) is 47.5 Å². The zero-order chi connectivity index (χ0) is 28.2. The third kappa shape index (κ3) is 11.6. The third-order valence-corrected chi connectivity index (χ3v) is 12.7. The molecule has 1 aromatic carbocycles. The van der Waals surface area contributed by atoms with Crippen molar-refractivity contribution < 1.29 is 27.2 Å². The lowest BCUT2D eigenvalue weighted by Crippen LogP contribution is -2.21. The average Bonchev–Trinajstić information content (AvgIpc) is 2.89. The minimum Gasteiger partial charge on any atom is -0.307 e. The molecule has 0 N–H and O–H groups in total. The Hall–Kier alpha value is 1.26. The van der Waals surface area contributed by atoms with Gasteiger partial charge in [0.25, 0.3) is 0 Å². The zero-order valence-corrected chi connectivity index (χ0v) is 27.7. The van der Waals surface area contributed by atoms with Crippen LogP contribution in [0.5, 0.6) is 0 Å². The van der Waals surface area contributed by atoms with Crippen LogP contribution >= 0.6 is 84.8 Å². The number of rotatable bonds is 19. The summed E-state index contributed by atoms with van der Waals surface area (Å²) in [5, 5.41) is -0.908. The Morgan fingerprint density at radius 2 is 1.19 bits per heavy atom. The lowest BCUT2D eigenvalue weighted by atomic mass is 10.2. The molecule has 0 bridgehead atoms. The zero-order valence-electron chi connectivity index (χ0n) is 21.4. The molecule has 1 aromatic rings. The normalized spacial score (nSPS) is 18.1. The van der Waals surface area contributed by atoms with Crippen LogP contribution < -0.4 is 0 Å². The van der Waals surface area contributed by atoms with Crippen molar-refractivity contribution in [2.45, 2.75) is 81.0 Å². The highest BCUT2D eigenvalue weighted by Gasteiger charge is 2.47. The molecule has 216 valence electrons. The highest BCUT2D eigenvalue weighted by atomic mass is 35.5. The van der Waals surface area contributed by atoms with Crippen LogP contribution in [0.3, 0.4) is 0 Å². The Morgan fingerprint density at radius 3 is 1.57 bits per heavy atom. The molecule has 0 saturated heterocycles. The van der Waals surface area contributed by atoms with Gasteiger partial charge >= 0.3 is 15.2 Å². The maximum Gasteiger partial charge on any atom is 0.364 e. The quantitative estimate of drug-likeness (QED) is 0.107. The molecular formula is C23H36Cl6O6P2. The first kappa shape index (κ1) is 36.3. The van der Waals surface area contributed by atoms with E-state index in [4.69, 9.17) is 87.7 Å². The highest BCUT2D eigenvalue weighted by Crippen LogP contribution is 2.69. The van der Waals surface area contributed by atoms with Crippen molar-refractivity contribution >= 4 is 84.8 Å². The van der Waals surface area contributed by atoms with Crippen molar-refractivity contribution in [3.63, 3.8) is 0 Å². The lowest BCUT2D eigenvalue weighted by molar-refractivity contribution is 0.128. The van der Waals surface area contributed by atoms with E-state index in [1.807, 2.05) is 20.8 Å². The molecule has 0 radical (unpaired) electrons. The Labute approximate surface area is 251 Å². The molecule has 0 aliphatic heterocycles. The topological polar surface area (TPSA) is 71.1 Å². The summed E-state index contributed by atoms with van der Waals surface area (Å²) in [4.78, 5) is 0. The van der Waals surface area contributed by atoms with Gasteiger partial charge in [0, 0.05) is 5.88 Å². The molecule has 37 heavy (non-hydrogen) atoms. The van der Waals surface area contributed by atoms with Crippen molar-refractivity contribution in [2.75, 3.05) is 25.7 Å². The second-order valence-corrected chi connectivity index (χ2v) is 15.6. The van der Waals surface area contributed by atoms with Crippen LogP contribution in [0, 0.1) is 0 Å². The van der Waals surface area contributed by atoms with E-state index in [9.17, 15) is 9.13 Å². The maximum atomic E-state index is 14.4. The van der Waals surface area contributed by atoms with E-state index < -0.39 is 42.8 Å². The Balaban J connectivity index is 3.66. The summed E-state index contributed by atoms with van der Waals surface area (Å²) >= 11 is 37.3. The van der Waals surface area contributed by atoms with E-state index >= 15 is 0 Å². The molecule has 1 rings (SSSR count). The first-order valence-corrected chi connectivity index (χ1v) is 18.0. The van der Waals surface area contributed by atoms with Crippen molar-refractivity contribution in [3.05, 3.63) is 33.8 Å². The molecule has 0 unspecified atom stereocenters. The summed E-state index contributed by atoms with van der Waals surface area (Å²) in [5.74, 6) is -1.55. The largest absolute Gasteiger partial charge is 0.364 e. The van der Waals surface area contributed by atoms with E-state index in [0.29, 0.717) is 25.7 Å². The van der Waals surface area contributed by atoms with Gasteiger partial charge in [0.2, 0.25) is 0 Å². The van der Waals surface area contributed by atoms with Gasteiger partial charge < -0.3 is 13.6 Å². The number of benzene rings is 1. The van der Waals surface area contributed by atoms with Gasteiger partial charge in [-0.05, 0) is 43.4 Å². The molecule has 0 amide bonds. The van der Waals surface area contributed by atoms with E-state index in [2.05, 4.69) is 0 Å². The van der Waals surface area contributed by atoms with E-state index in [0.717, 1.165) is 0 Å². The molecule has 14 heteroatoms. The summed E-state index contributed by atoms with van der Waals surface area (Å²) in [6.45, 7) is 7.07. The van der Waals surface area contributed by atoms with Gasteiger partial charge in [-0.2, -0.15) is 0 Å². The predicted molar refractivity (Wildman–Crippen MR) is 158 cm³/mol. The summed E-state index contributed by atoms with van der Waals surface area (Å²) in [7, 11) is -8.29. The summed E-state index contributed by atoms with van der Waals surface area (Å²) < 4.78 is 52.2. The summed E-state index contributed by atoms with van der Waals surface area (Å²) in [6, 6.07) is 4.49. The molecule has 0 aliphatic rings. The Kier molecular flexibility index (Phi) is 17.6. The summed E-state index contributed by atoms with van der Waals surface area (Å²) in [6.07, 6.45) is 2.03. The molecule has 0 aromatic heterocycles.